The Balaban J connectivity index is 1.41. The number of carbonyl (C=O) groups is 2. The van der Waals surface area contributed by atoms with Gasteiger partial charge in [-0.15, -0.1) is 0 Å². The number of halogens is 1. The summed E-state index contributed by atoms with van der Waals surface area (Å²) in [6.45, 7) is 0.244. The maximum Gasteiger partial charge on any atom is 0.337 e. The summed E-state index contributed by atoms with van der Waals surface area (Å²) in [5, 5.41) is 3.18. The van der Waals surface area contributed by atoms with Crippen molar-refractivity contribution in [2.75, 3.05) is 25.5 Å². The molecule has 0 spiro atoms. The van der Waals surface area contributed by atoms with Crippen molar-refractivity contribution in [2.45, 2.75) is 17.7 Å². The second-order valence-electron chi connectivity index (χ2n) is 7.29. The fraction of sp³-hybridized carbons (Fsp3) is 0.286. The molecule has 8 nitrogen and oxygen atoms in total. The molecule has 1 fully saturated rings. The molecule has 11 heteroatoms. The zero-order valence-corrected chi connectivity index (χ0v) is 18.7. The molecule has 1 saturated heterocycles. The van der Waals surface area contributed by atoms with Gasteiger partial charge in [0.2, 0.25) is 15.9 Å². The lowest BCUT2D eigenvalue weighted by Crippen LogP contribution is -2.41. The minimum absolute atomic E-state index is 0.122. The van der Waals surface area contributed by atoms with Crippen molar-refractivity contribution in [2.24, 2.45) is 5.92 Å². The van der Waals surface area contributed by atoms with Gasteiger partial charge in [0.05, 0.1) is 22.9 Å². The lowest BCUT2D eigenvalue weighted by molar-refractivity contribution is -0.120. The number of fused-ring (bicyclic) bond motifs is 1. The van der Waals surface area contributed by atoms with Gasteiger partial charge < -0.3 is 10.1 Å². The number of benzene rings is 2. The Bertz CT molecular complexity index is 1280. The van der Waals surface area contributed by atoms with Crippen molar-refractivity contribution in [1.29, 1.82) is 0 Å². The van der Waals surface area contributed by atoms with Gasteiger partial charge >= 0.3 is 5.97 Å². The van der Waals surface area contributed by atoms with E-state index in [1.807, 2.05) is 0 Å². The normalized spacial score (nSPS) is 15.6. The molecule has 1 N–H and O–H groups in total. The first-order chi connectivity index (χ1) is 15.3. The highest BCUT2D eigenvalue weighted by atomic mass is 32.2. The van der Waals surface area contributed by atoms with E-state index in [0.717, 1.165) is 10.8 Å². The van der Waals surface area contributed by atoms with Crippen molar-refractivity contribution in [3.05, 3.63) is 53.8 Å². The molecule has 168 valence electrons. The molecule has 1 aliphatic rings. The molecule has 1 aliphatic heterocycles. The highest BCUT2D eigenvalue weighted by molar-refractivity contribution is 7.89. The van der Waals surface area contributed by atoms with E-state index < -0.39 is 21.8 Å². The second-order valence-corrected chi connectivity index (χ2v) is 10.2. The fourth-order valence-corrected chi connectivity index (χ4v) is 6.02. The van der Waals surface area contributed by atoms with Crippen LogP contribution in [0, 0.1) is 11.7 Å². The van der Waals surface area contributed by atoms with Gasteiger partial charge in [0.25, 0.3) is 0 Å². The molecule has 3 aromatic rings. The van der Waals surface area contributed by atoms with Crippen LogP contribution in [-0.4, -0.2) is 49.8 Å². The number of aromatic nitrogens is 1. The number of amides is 1. The van der Waals surface area contributed by atoms with E-state index in [0.29, 0.717) is 29.1 Å². The van der Waals surface area contributed by atoms with Gasteiger partial charge in [0, 0.05) is 19.0 Å². The molecule has 2 aromatic carbocycles. The monoisotopic (exact) mass is 477 g/mol. The average molecular weight is 478 g/mol. The molecule has 1 amide bonds. The third-order valence-corrected chi connectivity index (χ3v) is 8.18. The van der Waals surface area contributed by atoms with Crippen LogP contribution in [0.15, 0.2) is 47.4 Å². The zero-order chi connectivity index (χ0) is 22.9. The fourth-order valence-electron chi connectivity index (χ4n) is 3.58. The highest BCUT2D eigenvalue weighted by Gasteiger charge is 2.33. The predicted molar refractivity (Wildman–Crippen MR) is 117 cm³/mol. The number of rotatable bonds is 5. The van der Waals surface area contributed by atoms with E-state index in [1.54, 1.807) is 18.2 Å². The number of hydrogen-bond donors (Lipinski definition) is 1. The summed E-state index contributed by atoms with van der Waals surface area (Å²) >= 11 is 1.24. The van der Waals surface area contributed by atoms with Crippen molar-refractivity contribution < 1.29 is 27.1 Å². The maximum absolute atomic E-state index is 14.0. The first-order valence-corrected chi connectivity index (χ1v) is 12.1. The number of nitrogens with one attached hydrogen (secondary N) is 1. The molecular weight excluding hydrogens is 457 g/mol. The second kappa shape index (κ2) is 8.93. The Kier molecular flexibility index (Phi) is 6.22. The van der Waals surface area contributed by atoms with Gasteiger partial charge in [-0.25, -0.2) is 22.6 Å². The van der Waals surface area contributed by atoms with Crippen LogP contribution in [0.5, 0.6) is 0 Å². The van der Waals surface area contributed by atoms with Crippen molar-refractivity contribution in [1.82, 2.24) is 9.29 Å². The molecule has 0 bridgehead atoms. The summed E-state index contributed by atoms with van der Waals surface area (Å²) in [7, 11) is -2.65. The Morgan fingerprint density at radius 2 is 1.91 bits per heavy atom. The molecule has 2 heterocycles. The van der Waals surface area contributed by atoms with E-state index in [9.17, 15) is 22.4 Å². The molecule has 0 saturated carbocycles. The Morgan fingerprint density at radius 3 is 2.59 bits per heavy atom. The summed E-state index contributed by atoms with van der Waals surface area (Å²) in [5.41, 5.74) is 1.04. The Morgan fingerprint density at radius 1 is 1.19 bits per heavy atom. The highest BCUT2D eigenvalue weighted by Crippen LogP contribution is 2.29. The molecule has 32 heavy (non-hydrogen) atoms. The minimum atomic E-state index is -3.95. The Labute approximate surface area is 188 Å². The molecule has 4 rings (SSSR count). The number of hydrogen-bond acceptors (Lipinski definition) is 7. The van der Waals surface area contributed by atoms with E-state index in [4.69, 9.17) is 4.74 Å². The maximum atomic E-state index is 14.0. The molecule has 0 radical (unpaired) electrons. The van der Waals surface area contributed by atoms with Gasteiger partial charge in [0.1, 0.15) is 10.7 Å². The number of nitrogens with zero attached hydrogens (tertiary/aromatic N) is 2. The smallest absolute Gasteiger partial charge is 0.337 e. The van der Waals surface area contributed by atoms with Crippen LogP contribution in [0.25, 0.3) is 10.2 Å². The molecular formula is C21H20FN3O5S2. The van der Waals surface area contributed by atoms with Gasteiger partial charge in [-0.05, 0) is 43.2 Å². The quantitative estimate of drug-likeness (QED) is 0.566. The van der Waals surface area contributed by atoms with E-state index in [1.165, 1.54) is 41.0 Å². The van der Waals surface area contributed by atoms with Crippen LogP contribution in [0.2, 0.25) is 0 Å². The van der Waals surface area contributed by atoms with E-state index in [2.05, 4.69) is 10.3 Å². The van der Waals surface area contributed by atoms with E-state index in [-0.39, 0.29) is 29.8 Å². The molecule has 0 aliphatic carbocycles. The van der Waals surface area contributed by atoms with Crippen LogP contribution in [0.3, 0.4) is 0 Å². The number of methoxy groups -OCH3 is 1. The summed E-state index contributed by atoms with van der Waals surface area (Å²) in [4.78, 5) is 28.4. The summed E-state index contributed by atoms with van der Waals surface area (Å²) < 4.78 is 46.0. The predicted octanol–water partition coefficient (Wildman–Crippen LogP) is 3.26. The van der Waals surface area contributed by atoms with Gasteiger partial charge in [-0.3, -0.25) is 4.79 Å². The number of carbonyl (C=O) groups excluding carboxylic acids is 2. The number of piperidine rings is 1. The van der Waals surface area contributed by atoms with Crippen molar-refractivity contribution >= 4 is 48.6 Å². The minimum Gasteiger partial charge on any atom is -0.465 e. The third kappa shape index (κ3) is 4.36. The molecule has 0 unspecified atom stereocenters. The van der Waals surface area contributed by atoms with Gasteiger partial charge in [0.15, 0.2) is 5.13 Å². The first-order valence-electron chi connectivity index (χ1n) is 9.84. The number of sulfonamides is 1. The van der Waals surface area contributed by atoms with Crippen LogP contribution in [0.4, 0.5) is 9.52 Å². The van der Waals surface area contributed by atoms with Crippen LogP contribution in [0.1, 0.15) is 23.2 Å². The van der Waals surface area contributed by atoms with Crippen LogP contribution in [-0.2, 0) is 19.6 Å². The average Bonchev–Trinajstić information content (AvgIpc) is 3.20. The van der Waals surface area contributed by atoms with Gasteiger partial charge in [-0.2, -0.15) is 4.31 Å². The summed E-state index contributed by atoms with van der Waals surface area (Å²) in [6, 6.07) is 10.2. The lowest BCUT2D eigenvalue weighted by Gasteiger charge is -2.30. The zero-order valence-electron chi connectivity index (χ0n) is 17.1. The number of anilines is 1. The Hall–Kier alpha value is -2.89. The van der Waals surface area contributed by atoms with Crippen LogP contribution >= 0.6 is 11.3 Å². The largest absolute Gasteiger partial charge is 0.465 e. The first kappa shape index (κ1) is 22.3. The number of thiazole rings is 1. The molecule has 0 atom stereocenters. The lowest BCUT2D eigenvalue weighted by atomic mass is 9.97. The SMILES string of the molecule is COC(=O)c1ccc2nc(NC(=O)C3CCN(S(=O)(=O)c4ccccc4F)CC3)sc2c1. The molecule has 1 aromatic heterocycles. The number of esters is 1. The van der Waals surface area contributed by atoms with Crippen molar-refractivity contribution in [3.63, 3.8) is 0 Å². The van der Waals surface area contributed by atoms with Crippen molar-refractivity contribution in [3.8, 4) is 0 Å². The summed E-state index contributed by atoms with van der Waals surface area (Å²) in [6.07, 6.45) is 0.633. The topological polar surface area (TPSA) is 106 Å². The third-order valence-electron chi connectivity index (χ3n) is 5.32. The van der Waals surface area contributed by atoms with Crippen LogP contribution < -0.4 is 5.32 Å². The summed E-state index contributed by atoms with van der Waals surface area (Å²) in [5.74, 6) is -1.89. The van der Waals surface area contributed by atoms with E-state index >= 15 is 0 Å². The number of ether oxygens (including phenoxy) is 1. The van der Waals surface area contributed by atoms with Gasteiger partial charge in [-0.1, -0.05) is 23.5 Å². The standard InChI is InChI=1S/C21H20FN3O5S2/c1-30-20(27)14-6-7-16-17(12-14)31-21(23-16)24-19(26)13-8-10-25(11-9-13)32(28,29)18-5-3-2-4-15(18)22/h2-7,12-13H,8-11H2,1H3,(H,23,24,26).